The molecule has 0 bridgehead atoms. The lowest BCUT2D eigenvalue weighted by Gasteiger charge is -2.17. The molecule has 3 nitrogen and oxygen atoms in total. The molecular formula is C17H13F4N3S2. The van der Waals surface area contributed by atoms with Crippen molar-refractivity contribution in [1.82, 2.24) is 5.43 Å². The van der Waals surface area contributed by atoms with Crippen molar-refractivity contribution in [2.75, 3.05) is 11.1 Å². The predicted molar refractivity (Wildman–Crippen MR) is 99.1 cm³/mol. The van der Waals surface area contributed by atoms with E-state index in [1.807, 2.05) is 0 Å². The monoisotopic (exact) mass is 399 g/mol. The maximum absolute atomic E-state index is 13.5. The molecule has 0 saturated heterocycles. The number of thiocarbonyl (C=S) groups is 1. The molecule has 1 heterocycles. The first kappa shape index (κ1) is 18.7. The summed E-state index contributed by atoms with van der Waals surface area (Å²) < 4.78 is 51.1. The van der Waals surface area contributed by atoms with E-state index in [4.69, 9.17) is 12.2 Å². The van der Waals surface area contributed by atoms with Gasteiger partial charge in [-0.05, 0) is 54.7 Å². The Kier molecular flexibility index (Phi) is 5.47. The third-order valence-corrected chi connectivity index (χ3v) is 4.88. The van der Waals surface area contributed by atoms with Crippen molar-refractivity contribution in [3.8, 4) is 0 Å². The molecule has 2 aromatic carbocycles. The number of anilines is 1. The highest BCUT2D eigenvalue weighted by Crippen LogP contribution is 2.31. The van der Waals surface area contributed by atoms with Gasteiger partial charge < -0.3 is 5.32 Å². The summed E-state index contributed by atoms with van der Waals surface area (Å²) in [5.41, 5.74) is 3.72. The number of thioether (sulfide) groups is 1. The third-order valence-electron chi connectivity index (χ3n) is 3.61. The number of hydrogen-bond donors (Lipinski definition) is 2. The van der Waals surface area contributed by atoms with Crippen molar-refractivity contribution < 1.29 is 17.6 Å². The zero-order valence-corrected chi connectivity index (χ0v) is 14.9. The van der Waals surface area contributed by atoms with Gasteiger partial charge in [0.15, 0.2) is 5.11 Å². The molecule has 0 radical (unpaired) electrons. The fourth-order valence-electron chi connectivity index (χ4n) is 2.38. The van der Waals surface area contributed by atoms with Gasteiger partial charge in [-0.15, -0.1) is 11.8 Å². The second-order valence-corrected chi connectivity index (χ2v) is 6.98. The van der Waals surface area contributed by atoms with Gasteiger partial charge in [0.05, 0.1) is 11.3 Å². The molecule has 0 spiro atoms. The van der Waals surface area contributed by atoms with Crippen LogP contribution in [0.5, 0.6) is 0 Å². The van der Waals surface area contributed by atoms with Crippen LogP contribution < -0.4 is 10.7 Å². The van der Waals surface area contributed by atoms with E-state index in [9.17, 15) is 17.6 Å². The molecule has 136 valence electrons. The van der Waals surface area contributed by atoms with Crippen LogP contribution in [-0.4, -0.2) is 16.6 Å². The maximum Gasteiger partial charge on any atom is 0.416 e. The molecule has 3 rings (SSSR count). The van der Waals surface area contributed by atoms with Gasteiger partial charge in [0.25, 0.3) is 0 Å². The highest BCUT2D eigenvalue weighted by atomic mass is 32.2. The summed E-state index contributed by atoms with van der Waals surface area (Å²) in [5.74, 6) is 0.475. The van der Waals surface area contributed by atoms with Crippen molar-refractivity contribution in [1.29, 1.82) is 0 Å². The summed E-state index contributed by atoms with van der Waals surface area (Å²) in [4.78, 5) is 0.944. The summed E-state index contributed by atoms with van der Waals surface area (Å²) in [7, 11) is 0. The zero-order chi connectivity index (χ0) is 18.7. The van der Waals surface area contributed by atoms with E-state index in [-0.39, 0.29) is 10.9 Å². The quantitative estimate of drug-likeness (QED) is 0.422. The van der Waals surface area contributed by atoms with Crippen molar-refractivity contribution in [3.05, 3.63) is 59.4 Å². The highest BCUT2D eigenvalue weighted by Gasteiger charge is 2.29. The number of hydrogen-bond acceptors (Lipinski definition) is 3. The van der Waals surface area contributed by atoms with Gasteiger partial charge in [-0.3, -0.25) is 5.43 Å². The van der Waals surface area contributed by atoms with E-state index in [1.165, 1.54) is 24.3 Å². The fourth-order valence-corrected chi connectivity index (χ4v) is 3.56. The highest BCUT2D eigenvalue weighted by molar-refractivity contribution is 7.99. The van der Waals surface area contributed by atoms with E-state index in [0.717, 1.165) is 22.8 Å². The number of alkyl halides is 3. The van der Waals surface area contributed by atoms with E-state index >= 15 is 0 Å². The Labute approximate surface area is 156 Å². The van der Waals surface area contributed by atoms with Crippen LogP contribution in [0.4, 0.5) is 23.2 Å². The standard InChI is InChI=1S/C17H13F4N3S2/c18-11-3-6-15-13(9-11)14(7-8-26-15)23-24-16(25)22-12-4-1-10(2-5-12)17(19,20)21/h1-6,9H,7-8H2,(H2,22,24,25)/b23-14+. The second-order valence-electron chi connectivity index (χ2n) is 5.44. The fraction of sp³-hybridized carbons (Fsp3) is 0.176. The van der Waals surface area contributed by atoms with Gasteiger partial charge in [0, 0.05) is 28.3 Å². The molecule has 0 fully saturated rings. The van der Waals surface area contributed by atoms with Crippen LogP contribution in [-0.2, 0) is 6.18 Å². The molecule has 0 aromatic heterocycles. The zero-order valence-electron chi connectivity index (χ0n) is 13.2. The summed E-state index contributed by atoms with van der Waals surface area (Å²) in [6.07, 6.45) is -3.73. The van der Waals surface area contributed by atoms with Gasteiger partial charge in [0.1, 0.15) is 5.82 Å². The van der Waals surface area contributed by atoms with Crippen LogP contribution in [0, 0.1) is 5.82 Å². The van der Waals surface area contributed by atoms with E-state index < -0.39 is 11.7 Å². The Morgan fingerprint density at radius 1 is 1.12 bits per heavy atom. The van der Waals surface area contributed by atoms with Gasteiger partial charge in [-0.2, -0.15) is 18.3 Å². The first-order valence-electron chi connectivity index (χ1n) is 7.56. The average Bonchev–Trinajstić information content (AvgIpc) is 2.59. The molecule has 0 saturated carbocycles. The Balaban J connectivity index is 1.66. The Morgan fingerprint density at radius 3 is 2.54 bits per heavy atom. The second kappa shape index (κ2) is 7.63. The molecular weight excluding hydrogens is 386 g/mol. The molecule has 0 unspecified atom stereocenters. The topological polar surface area (TPSA) is 36.4 Å². The minimum Gasteiger partial charge on any atom is -0.331 e. The van der Waals surface area contributed by atoms with Crippen molar-refractivity contribution >= 4 is 40.5 Å². The van der Waals surface area contributed by atoms with Gasteiger partial charge in [0.2, 0.25) is 0 Å². The van der Waals surface area contributed by atoms with Gasteiger partial charge in [-0.25, -0.2) is 4.39 Å². The van der Waals surface area contributed by atoms with Crippen LogP contribution >= 0.6 is 24.0 Å². The molecule has 9 heteroatoms. The number of hydrazone groups is 1. The van der Waals surface area contributed by atoms with Gasteiger partial charge in [-0.1, -0.05) is 0 Å². The summed E-state index contributed by atoms with van der Waals surface area (Å²) in [6, 6.07) is 9.04. The van der Waals surface area contributed by atoms with Crippen LogP contribution in [0.2, 0.25) is 0 Å². The molecule has 2 aromatic rings. The largest absolute Gasteiger partial charge is 0.416 e. The molecule has 2 N–H and O–H groups in total. The van der Waals surface area contributed by atoms with Crippen LogP contribution in [0.1, 0.15) is 17.5 Å². The number of nitrogens with zero attached hydrogens (tertiary/aromatic N) is 1. The molecule has 1 aliphatic rings. The molecule has 0 aliphatic carbocycles. The Hall–Kier alpha value is -2.13. The Morgan fingerprint density at radius 2 is 1.85 bits per heavy atom. The lowest BCUT2D eigenvalue weighted by atomic mass is 10.1. The minimum absolute atomic E-state index is 0.133. The summed E-state index contributed by atoms with van der Waals surface area (Å²) in [6.45, 7) is 0. The maximum atomic E-state index is 13.5. The van der Waals surface area contributed by atoms with Crippen LogP contribution in [0.3, 0.4) is 0 Å². The molecule has 0 amide bonds. The van der Waals surface area contributed by atoms with Crippen molar-refractivity contribution in [2.45, 2.75) is 17.5 Å². The summed E-state index contributed by atoms with van der Waals surface area (Å²) >= 11 is 6.73. The molecule has 26 heavy (non-hydrogen) atoms. The third kappa shape index (κ3) is 4.53. The number of nitrogens with one attached hydrogen (secondary N) is 2. The lowest BCUT2D eigenvalue weighted by Crippen LogP contribution is -2.26. The van der Waals surface area contributed by atoms with Crippen molar-refractivity contribution in [3.63, 3.8) is 0 Å². The number of rotatable bonds is 2. The Bertz CT molecular complexity index is 848. The predicted octanol–water partition coefficient (Wildman–Crippen LogP) is 5.03. The smallest absolute Gasteiger partial charge is 0.331 e. The first-order chi connectivity index (χ1) is 12.3. The van der Waals surface area contributed by atoms with Crippen LogP contribution in [0.25, 0.3) is 0 Å². The van der Waals surface area contributed by atoms with Crippen molar-refractivity contribution in [2.24, 2.45) is 5.10 Å². The lowest BCUT2D eigenvalue weighted by molar-refractivity contribution is -0.137. The average molecular weight is 399 g/mol. The SMILES string of the molecule is Fc1ccc2c(c1)/C(=N/NC(=S)Nc1ccc(C(F)(F)F)cc1)CCS2. The number of fused-ring (bicyclic) bond motifs is 1. The van der Waals surface area contributed by atoms with E-state index in [2.05, 4.69) is 15.8 Å². The van der Waals surface area contributed by atoms with Gasteiger partial charge >= 0.3 is 6.18 Å². The van der Waals surface area contributed by atoms with E-state index in [1.54, 1.807) is 17.8 Å². The first-order valence-corrected chi connectivity index (χ1v) is 8.96. The number of halogens is 4. The van der Waals surface area contributed by atoms with E-state index in [0.29, 0.717) is 23.4 Å². The van der Waals surface area contributed by atoms with Crippen LogP contribution in [0.15, 0.2) is 52.5 Å². The molecule has 1 aliphatic heterocycles. The summed E-state index contributed by atoms with van der Waals surface area (Å²) in [5, 5.41) is 7.12. The molecule has 0 atom stereocenters. The number of benzene rings is 2. The normalized spacial score (nSPS) is 15.5. The minimum atomic E-state index is -4.38.